The Bertz CT molecular complexity index is 1230. The zero-order valence-corrected chi connectivity index (χ0v) is 27.9. The molecular weight excluding hydrogens is 683 g/mol. The molecule has 18 N–H and O–H groups in total. The Morgan fingerprint density at radius 1 is 0.667 bits per heavy atom. The minimum Gasteiger partial charge on any atom is -0.394 e. The van der Waals surface area contributed by atoms with E-state index in [1.54, 1.807) is 12.1 Å². The Balaban J connectivity index is 1.24. The molecule has 0 radical (unpaired) electrons. The Hall–Kier alpha value is -1.61. The molecule has 51 heavy (non-hydrogen) atoms. The van der Waals surface area contributed by atoms with Gasteiger partial charge in [0, 0.05) is 25.2 Å². The topological polar surface area (TPSA) is 339 Å². The molecule has 292 valence electrons. The van der Waals surface area contributed by atoms with Crippen molar-refractivity contribution in [2.45, 2.75) is 129 Å². The summed E-state index contributed by atoms with van der Waals surface area (Å²) in [4.78, 5) is 0. The molecule has 0 bridgehead atoms. The highest BCUT2D eigenvalue weighted by Gasteiger charge is 2.54. The highest BCUT2D eigenvalue weighted by atomic mass is 19.1. The summed E-state index contributed by atoms with van der Waals surface area (Å²) in [6.45, 7) is -0.314. The Labute approximate surface area is 293 Å². The monoisotopic (exact) mass is 736 g/mol. The summed E-state index contributed by atoms with van der Waals surface area (Å²) in [5, 5.41) is 77.7. The van der Waals surface area contributed by atoms with Crippen molar-refractivity contribution in [1.82, 2.24) is 5.32 Å². The molecule has 3 aliphatic heterocycles. The zero-order valence-electron chi connectivity index (χ0n) is 27.9. The number of hydrogen-bond donors (Lipinski definition) is 13. The lowest BCUT2D eigenvalue weighted by Crippen LogP contribution is -2.68. The van der Waals surface area contributed by atoms with Gasteiger partial charge in [-0.1, -0.05) is 12.1 Å². The molecule has 19 atom stereocenters. The summed E-state index contributed by atoms with van der Waals surface area (Å²) >= 11 is 0. The lowest BCUT2D eigenvalue weighted by molar-refractivity contribution is -0.307. The predicted octanol–water partition coefficient (Wildman–Crippen LogP) is -6.88. The van der Waals surface area contributed by atoms with Crippen LogP contribution in [0.1, 0.15) is 12.0 Å². The van der Waals surface area contributed by atoms with Gasteiger partial charge in [0.2, 0.25) is 0 Å². The first-order valence-electron chi connectivity index (χ1n) is 17.0. The smallest absolute Gasteiger partial charge is 0.187 e. The molecule has 1 aromatic carbocycles. The van der Waals surface area contributed by atoms with Gasteiger partial charge >= 0.3 is 0 Å². The van der Waals surface area contributed by atoms with Crippen LogP contribution in [-0.4, -0.2) is 178 Å². The number of hydrogen-bond acceptors (Lipinski definition) is 19. The third-order valence-corrected chi connectivity index (χ3v) is 9.99. The van der Waals surface area contributed by atoms with Gasteiger partial charge < -0.3 is 98.2 Å². The number of aliphatic hydroxyl groups excluding tert-OH is 7. The number of rotatable bonds is 13. The number of benzene rings is 1. The minimum atomic E-state index is -1.63. The van der Waals surface area contributed by atoms with Gasteiger partial charge in [-0.25, -0.2) is 4.39 Å². The van der Waals surface area contributed by atoms with Crippen molar-refractivity contribution in [2.75, 3.05) is 26.2 Å². The summed E-state index contributed by atoms with van der Waals surface area (Å²) in [6.07, 6.45) is -19.6. The fraction of sp³-hybridized carbons (Fsp3) is 0.806. The number of nitrogens with two attached hydrogens (primary N) is 5. The van der Waals surface area contributed by atoms with Crippen molar-refractivity contribution < 1.29 is 68.6 Å². The van der Waals surface area contributed by atoms with E-state index in [9.17, 15) is 40.1 Å². The van der Waals surface area contributed by atoms with Gasteiger partial charge in [-0.05, 0) is 37.1 Å². The first-order chi connectivity index (χ1) is 24.2. The zero-order chi connectivity index (χ0) is 37.1. The number of halogens is 1. The largest absolute Gasteiger partial charge is 0.394 e. The third-order valence-electron chi connectivity index (χ3n) is 9.99. The average Bonchev–Trinajstić information content (AvgIpc) is 3.41. The summed E-state index contributed by atoms with van der Waals surface area (Å²) in [5.74, 6) is -0.346. The van der Waals surface area contributed by atoms with E-state index in [0.29, 0.717) is 13.0 Å². The minimum absolute atomic E-state index is 0.0691. The van der Waals surface area contributed by atoms with E-state index < -0.39 is 123 Å². The van der Waals surface area contributed by atoms with Crippen LogP contribution in [0, 0.1) is 5.82 Å². The van der Waals surface area contributed by atoms with Crippen molar-refractivity contribution in [3.05, 3.63) is 35.6 Å². The number of nitrogens with one attached hydrogen (secondary N) is 1. The van der Waals surface area contributed by atoms with Crippen LogP contribution in [-0.2, 0) is 34.8 Å². The predicted molar refractivity (Wildman–Crippen MR) is 172 cm³/mol. The lowest BCUT2D eigenvalue weighted by atomic mass is 9.84. The van der Waals surface area contributed by atoms with E-state index in [1.807, 2.05) is 0 Å². The SMILES string of the molecule is NC[C@@H]1O[C@H](O[C@H]2[C@@H](O)[C@H](O[C@@H]3[C@@H](O)[C@H](N)C[C@H](N)[C@H]3O[C@H]3O[C@H](CNCCc4ccc(F)cc4)[C@@H](O)[C@H](O)[C@H]3N)O[C@@H]2CO)[C@H](N)[C@@H](O)[C@@H]1O. The van der Waals surface area contributed by atoms with Gasteiger partial charge in [-0.15, -0.1) is 0 Å². The lowest BCUT2D eigenvalue weighted by Gasteiger charge is -2.47. The molecule has 19 nitrogen and oxygen atoms in total. The fourth-order valence-electron chi connectivity index (χ4n) is 6.84. The van der Waals surface area contributed by atoms with E-state index in [0.717, 1.165) is 5.56 Å². The number of aliphatic hydroxyl groups is 7. The summed E-state index contributed by atoms with van der Waals surface area (Å²) in [6, 6.07) is 1.73. The van der Waals surface area contributed by atoms with Crippen molar-refractivity contribution in [2.24, 2.45) is 28.7 Å². The average molecular weight is 737 g/mol. The van der Waals surface area contributed by atoms with E-state index in [1.165, 1.54) is 12.1 Å². The third kappa shape index (κ3) is 9.03. The molecule has 4 fully saturated rings. The standard InChI is InChI=1S/C31H53FN6O13/c32-12-3-1-11(2-4-12)5-6-38-9-16-22(42)24(44)19(37)30(47-16)49-26-14(35)7-13(34)20(40)28(26)51-31-25(45)27(17(10-39)48-31)50-29-18(36)23(43)21(41)15(8-33)46-29/h1-4,13-31,38-45H,5-10,33-37H2/t13-,14+,15+,16-,17-,18-,19-,20+,21-,22-,23-,24-,25-,26-,27-,28-,29-,30-,31+/m1/s1. The first kappa shape index (κ1) is 40.6. The van der Waals surface area contributed by atoms with Gasteiger partial charge in [-0.2, -0.15) is 0 Å². The molecule has 1 saturated carbocycles. The molecule has 5 rings (SSSR count). The molecule has 0 spiro atoms. The van der Waals surface area contributed by atoms with Gasteiger partial charge in [0.05, 0.1) is 24.8 Å². The van der Waals surface area contributed by atoms with Gasteiger partial charge in [0.25, 0.3) is 0 Å². The van der Waals surface area contributed by atoms with Crippen LogP contribution in [0.4, 0.5) is 4.39 Å². The maximum atomic E-state index is 13.2. The molecule has 1 aromatic rings. The molecule has 20 heteroatoms. The van der Waals surface area contributed by atoms with Crippen LogP contribution in [0.25, 0.3) is 0 Å². The second-order valence-electron chi connectivity index (χ2n) is 13.6. The van der Waals surface area contributed by atoms with Gasteiger partial charge in [0.1, 0.15) is 73.0 Å². The van der Waals surface area contributed by atoms with Crippen molar-refractivity contribution >= 4 is 0 Å². The van der Waals surface area contributed by atoms with Gasteiger partial charge in [-0.3, -0.25) is 0 Å². The second kappa shape index (κ2) is 17.7. The molecule has 4 aliphatic rings. The van der Waals surface area contributed by atoms with Crippen LogP contribution in [0.5, 0.6) is 0 Å². The molecule has 0 amide bonds. The van der Waals surface area contributed by atoms with E-state index in [2.05, 4.69) is 5.32 Å². The van der Waals surface area contributed by atoms with Crippen molar-refractivity contribution in [3.63, 3.8) is 0 Å². The van der Waals surface area contributed by atoms with Crippen LogP contribution < -0.4 is 34.0 Å². The Morgan fingerprint density at radius 3 is 1.82 bits per heavy atom. The van der Waals surface area contributed by atoms with E-state index in [4.69, 9.17) is 57.1 Å². The Morgan fingerprint density at radius 2 is 1.22 bits per heavy atom. The quantitative estimate of drug-likeness (QED) is 0.0837. The molecular formula is C31H53FN6O13. The van der Waals surface area contributed by atoms with E-state index >= 15 is 0 Å². The van der Waals surface area contributed by atoms with E-state index in [-0.39, 0.29) is 25.3 Å². The highest BCUT2D eigenvalue weighted by molar-refractivity contribution is 5.16. The number of ether oxygens (including phenoxy) is 6. The second-order valence-corrected chi connectivity index (χ2v) is 13.6. The maximum absolute atomic E-state index is 13.2. The molecule has 3 saturated heterocycles. The fourth-order valence-corrected chi connectivity index (χ4v) is 6.84. The van der Waals surface area contributed by atoms with Gasteiger partial charge in [0.15, 0.2) is 18.9 Å². The van der Waals surface area contributed by atoms with Crippen molar-refractivity contribution in [3.8, 4) is 0 Å². The molecule has 0 aromatic heterocycles. The molecule has 3 heterocycles. The molecule has 0 unspecified atom stereocenters. The molecule has 1 aliphatic carbocycles. The van der Waals surface area contributed by atoms with Crippen LogP contribution in [0.15, 0.2) is 24.3 Å². The van der Waals surface area contributed by atoms with Crippen LogP contribution in [0.3, 0.4) is 0 Å². The van der Waals surface area contributed by atoms with Crippen LogP contribution >= 0.6 is 0 Å². The summed E-state index contributed by atoms with van der Waals surface area (Å²) < 4.78 is 48.6. The highest BCUT2D eigenvalue weighted by Crippen LogP contribution is 2.34. The summed E-state index contributed by atoms with van der Waals surface area (Å²) in [7, 11) is 0. The normalized spacial score (nSPS) is 46.3. The van der Waals surface area contributed by atoms with Crippen molar-refractivity contribution in [1.29, 1.82) is 0 Å². The Kier molecular flexibility index (Phi) is 14.1. The van der Waals surface area contributed by atoms with Crippen LogP contribution in [0.2, 0.25) is 0 Å². The first-order valence-corrected chi connectivity index (χ1v) is 17.0. The summed E-state index contributed by atoms with van der Waals surface area (Å²) in [5.41, 5.74) is 31.3. The maximum Gasteiger partial charge on any atom is 0.187 e.